The first-order valence-corrected chi connectivity index (χ1v) is 11.1. The number of carbonyl (C=O) groups excluding carboxylic acids is 2. The van der Waals surface area contributed by atoms with E-state index in [4.69, 9.17) is 15.0 Å². The number of benzene rings is 1. The van der Waals surface area contributed by atoms with Gasteiger partial charge >= 0.3 is 0 Å². The highest BCUT2D eigenvalue weighted by Gasteiger charge is 2.84. The van der Waals surface area contributed by atoms with Crippen LogP contribution in [0.15, 0.2) is 51.8 Å². The number of ether oxygens (including phenoxy) is 1. The Balaban J connectivity index is 1.56. The van der Waals surface area contributed by atoms with Gasteiger partial charge in [-0.25, -0.2) is 0 Å². The second-order valence-electron chi connectivity index (χ2n) is 9.75. The average Bonchev–Trinajstić information content (AvgIpc) is 3.12. The zero-order valence-corrected chi connectivity index (χ0v) is 18.8. The van der Waals surface area contributed by atoms with Crippen molar-refractivity contribution in [2.24, 2.45) is 17.6 Å². The number of aromatic nitrogens is 1. The number of aliphatic hydroxyl groups excluding tert-OH is 2. The molecule has 2 aromatic rings. The molecule has 182 valence electrons. The van der Waals surface area contributed by atoms with Gasteiger partial charge < -0.3 is 35.4 Å². The Morgan fingerprint density at radius 3 is 2.63 bits per heavy atom. The van der Waals surface area contributed by atoms with Crippen LogP contribution >= 0.6 is 0 Å². The summed E-state index contributed by atoms with van der Waals surface area (Å²) in [6.07, 6.45) is 3.47. The van der Waals surface area contributed by atoms with Crippen LogP contribution in [0.1, 0.15) is 22.3 Å². The van der Waals surface area contributed by atoms with Crippen LogP contribution in [0.25, 0.3) is 11.1 Å². The first-order chi connectivity index (χ1) is 16.5. The Morgan fingerprint density at radius 2 is 2.00 bits per heavy atom. The van der Waals surface area contributed by atoms with Crippen molar-refractivity contribution in [1.82, 2.24) is 10.1 Å². The van der Waals surface area contributed by atoms with Gasteiger partial charge in [-0.2, -0.15) is 0 Å². The number of amides is 1. The number of nitrogens with two attached hydrogens (primary N) is 1. The number of nitrogens with zero attached hydrogens (tertiary/aromatic N) is 2. The third-order valence-corrected chi connectivity index (χ3v) is 7.86. The van der Waals surface area contributed by atoms with Gasteiger partial charge in [0.05, 0.1) is 17.8 Å². The van der Waals surface area contributed by atoms with Crippen LogP contribution < -0.4 is 5.73 Å². The van der Waals surface area contributed by atoms with E-state index in [0.717, 1.165) is 0 Å². The van der Waals surface area contributed by atoms with Crippen molar-refractivity contribution in [3.8, 4) is 16.9 Å². The summed E-state index contributed by atoms with van der Waals surface area (Å²) in [4.78, 5) is 27.6. The first kappa shape index (κ1) is 21.8. The average molecular weight is 481 g/mol. The lowest BCUT2D eigenvalue weighted by Gasteiger charge is -2.45. The van der Waals surface area contributed by atoms with Crippen molar-refractivity contribution in [2.75, 3.05) is 14.1 Å². The zero-order valence-electron chi connectivity index (χ0n) is 18.8. The van der Waals surface area contributed by atoms with Crippen molar-refractivity contribution in [2.45, 2.75) is 30.3 Å². The van der Waals surface area contributed by atoms with Crippen LogP contribution in [-0.2, 0) is 16.0 Å². The number of Topliss-reactive ketones (excluding diaryl/α,β-unsaturated/α-hetero) is 1. The molecule has 5 atom stereocenters. The Labute approximate surface area is 198 Å². The molecule has 1 unspecified atom stereocenters. The zero-order chi connectivity index (χ0) is 25.0. The molecule has 1 aromatic heterocycles. The van der Waals surface area contributed by atoms with Crippen LogP contribution in [0.4, 0.5) is 0 Å². The molecular formula is C24H23N3O8. The smallest absolute Gasteiger partial charge is 0.253 e. The molecule has 1 fully saturated rings. The molecule has 2 heterocycles. The Kier molecular flexibility index (Phi) is 4.19. The number of phenols is 1. The third-order valence-electron chi connectivity index (χ3n) is 7.86. The minimum absolute atomic E-state index is 0.00478. The van der Waals surface area contributed by atoms with Crippen molar-refractivity contribution in [3.63, 3.8) is 0 Å². The molecule has 11 heteroatoms. The number of primary amides is 1. The van der Waals surface area contributed by atoms with Crippen LogP contribution in [0.5, 0.6) is 5.75 Å². The number of fused-ring (bicyclic) bond motifs is 2. The molecule has 11 nitrogen and oxygen atoms in total. The molecule has 1 aromatic carbocycles. The minimum atomic E-state index is -2.37. The van der Waals surface area contributed by atoms with E-state index >= 15 is 0 Å². The van der Waals surface area contributed by atoms with Gasteiger partial charge in [0.25, 0.3) is 5.91 Å². The molecule has 1 amide bonds. The predicted octanol–water partition coefficient (Wildman–Crippen LogP) is 0.933. The fourth-order valence-corrected chi connectivity index (χ4v) is 6.47. The van der Waals surface area contributed by atoms with Crippen molar-refractivity contribution >= 4 is 11.7 Å². The molecular weight excluding hydrogens is 458 g/mol. The van der Waals surface area contributed by atoms with E-state index in [2.05, 4.69) is 5.16 Å². The lowest BCUT2D eigenvalue weighted by Crippen LogP contribution is -2.57. The lowest BCUT2D eigenvalue weighted by molar-refractivity contribution is -0.117. The van der Waals surface area contributed by atoms with E-state index in [0.29, 0.717) is 16.7 Å². The van der Waals surface area contributed by atoms with Gasteiger partial charge in [-0.1, -0.05) is 11.2 Å². The van der Waals surface area contributed by atoms with Crippen LogP contribution in [0, 0.1) is 11.8 Å². The van der Waals surface area contributed by atoms with Crippen LogP contribution in [0.3, 0.4) is 0 Å². The highest BCUT2D eigenvalue weighted by Crippen LogP contribution is 2.68. The van der Waals surface area contributed by atoms with Gasteiger partial charge in [-0.15, -0.1) is 0 Å². The van der Waals surface area contributed by atoms with Gasteiger partial charge in [0, 0.05) is 17.1 Å². The van der Waals surface area contributed by atoms with Gasteiger partial charge in [0.1, 0.15) is 29.1 Å². The summed E-state index contributed by atoms with van der Waals surface area (Å²) < 4.78 is 10.6. The van der Waals surface area contributed by atoms with Gasteiger partial charge in [-0.05, 0) is 50.0 Å². The third kappa shape index (κ3) is 2.47. The number of aromatic hydroxyl groups is 1. The normalized spacial score (nSPS) is 33.3. The summed E-state index contributed by atoms with van der Waals surface area (Å²) in [6, 6.07) is 2.24. The topological polar surface area (TPSA) is 183 Å². The maximum Gasteiger partial charge on any atom is 0.253 e. The summed E-state index contributed by atoms with van der Waals surface area (Å²) in [7, 11) is 3.36. The number of hydrogen-bond acceptors (Lipinski definition) is 10. The summed E-state index contributed by atoms with van der Waals surface area (Å²) >= 11 is 0. The number of allylic oxidation sites excluding steroid dienone is 1. The molecule has 1 saturated heterocycles. The van der Waals surface area contributed by atoms with Gasteiger partial charge in [0.2, 0.25) is 5.79 Å². The molecule has 6 N–H and O–H groups in total. The molecule has 1 aliphatic heterocycles. The first-order valence-electron chi connectivity index (χ1n) is 11.1. The van der Waals surface area contributed by atoms with Gasteiger partial charge in [-0.3, -0.25) is 14.5 Å². The van der Waals surface area contributed by atoms with E-state index in [1.807, 2.05) is 0 Å². The molecule has 3 aliphatic carbocycles. The SMILES string of the molecule is CN(C)[C@@H]1C(O)=C(C(N)=O)C2(O)O[C@@]23C(O)=C2C(=O)c4c(O)ccc(-c5cnoc5)c4C[C@H]2C[C@@H]13. The minimum Gasteiger partial charge on any atom is -0.510 e. The molecule has 0 saturated carbocycles. The predicted molar refractivity (Wildman–Crippen MR) is 118 cm³/mol. The number of hydrogen-bond donors (Lipinski definition) is 5. The number of epoxide rings is 1. The van der Waals surface area contributed by atoms with Crippen molar-refractivity contribution < 1.29 is 39.3 Å². The van der Waals surface area contributed by atoms with E-state index < -0.39 is 58.0 Å². The number of carbonyl (C=O) groups is 2. The molecule has 1 spiro atoms. The monoisotopic (exact) mass is 481 g/mol. The summed E-state index contributed by atoms with van der Waals surface area (Å²) in [5.41, 5.74) is 5.02. The summed E-state index contributed by atoms with van der Waals surface area (Å²) in [5, 5.41) is 48.0. The largest absolute Gasteiger partial charge is 0.510 e. The number of rotatable bonds is 3. The number of ketones is 1. The quantitative estimate of drug-likeness (QED) is 0.395. The van der Waals surface area contributed by atoms with Crippen molar-refractivity contribution in [1.29, 1.82) is 0 Å². The maximum atomic E-state index is 13.7. The lowest BCUT2D eigenvalue weighted by atomic mass is 9.60. The van der Waals surface area contributed by atoms with E-state index in [-0.39, 0.29) is 29.7 Å². The van der Waals surface area contributed by atoms with E-state index in [1.165, 1.54) is 18.5 Å². The number of phenolic OH excluding ortho intramolecular Hbond substituents is 1. The number of aliphatic hydroxyl groups is 3. The van der Waals surface area contributed by atoms with E-state index in [9.17, 15) is 30.0 Å². The van der Waals surface area contributed by atoms with Crippen LogP contribution in [-0.4, -0.2) is 73.7 Å². The van der Waals surface area contributed by atoms with Crippen molar-refractivity contribution in [3.05, 3.63) is 58.4 Å². The second-order valence-corrected chi connectivity index (χ2v) is 9.75. The summed E-state index contributed by atoms with van der Waals surface area (Å²) in [5.74, 6) is -6.46. The fourth-order valence-electron chi connectivity index (χ4n) is 6.47. The van der Waals surface area contributed by atoms with Crippen LogP contribution in [0.2, 0.25) is 0 Å². The Hall–Kier alpha value is -3.67. The molecule has 0 bridgehead atoms. The molecule has 35 heavy (non-hydrogen) atoms. The standard InChI is InChI=1S/C24H23N3O8/c1-27(2)18-13-6-9-5-12-11(10-7-26-34-8-10)3-4-14(28)16(12)19(29)15(9)21(31)23(13)24(33,35-23)17(20(18)30)22(25)32/h3-4,7-9,13,18,28,30-31,33H,5-6H2,1-2H3,(H2,25,32)/t9-,13-,18-,23-,24?/m0/s1. The Bertz CT molecular complexity index is 1380. The highest BCUT2D eigenvalue weighted by atomic mass is 16.8. The molecule has 4 aliphatic rings. The second kappa shape index (κ2) is 6.72. The van der Waals surface area contributed by atoms with E-state index in [1.54, 1.807) is 25.1 Å². The summed E-state index contributed by atoms with van der Waals surface area (Å²) in [6.45, 7) is 0. The fraction of sp³-hybridized carbons (Fsp3) is 0.375. The highest BCUT2D eigenvalue weighted by molar-refractivity contribution is 6.14. The molecule has 6 rings (SSSR count). The Morgan fingerprint density at radius 1 is 1.26 bits per heavy atom. The number of likely N-dealkylation sites (N-methyl/N-ethyl adjacent to an activating group) is 1. The maximum absolute atomic E-state index is 13.7. The molecule has 0 radical (unpaired) electrons. The van der Waals surface area contributed by atoms with Gasteiger partial charge in [0.15, 0.2) is 11.4 Å².